The van der Waals surface area contributed by atoms with Crippen molar-refractivity contribution in [3.05, 3.63) is 52.0 Å². The number of benzene rings is 2. The molecule has 2 nitrogen and oxygen atoms in total. The lowest BCUT2D eigenvalue weighted by Gasteiger charge is -2.18. The quantitative estimate of drug-likeness (QED) is 0.727. The molecule has 0 fully saturated rings. The zero-order chi connectivity index (χ0) is 14.4. The third-order valence-electron chi connectivity index (χ3n) is 4.10. The maximum Gasteiger partial charge on any atom is 0.123 e. The van der Waals surface area contributed by atoms with Crippen LogP contribution >= 0.6 is 23.2 Å². The summed E-state index contributed by atoms with van der Waals surface area (Å²) < 4.78 is 6.01. The van der Waals surface area contributed by atoms with E-state index >= 15 is 0 Å². The molecule has 2 heterocycles. The predicted molar refractivity (Wildman–Crippen MR) is 87.0 cm³/mol. The first-order valence-electron chi connectivity index (χ1n) is 6.98. The Balaban J connectivity index is 1.80. The van der Waals surface area contributed by atoms with Crippen molar-refractivity contribution >= 4 is 29.4 Å². The Kier molecular flexibility index (Phi) is 3.16. The van der Waals surface area contributed by atoms with Crippen LogP contribution in [0.5, 0.6) is 5.75 Å². The molecule has 4 heteroatoms. The van der Waals surface area contributed by atoms with E-state index in [2.05, 4.69) is 11.1 Å². The van der Waals surface area contributed by atoms with Crippen LogP contribution in [0.3, 0.4) is 0 Å². The van der Waals surface area contributed by atoms with Gasteiger partial charge in [-0.3, -0.25) is 4.99 Å². The van der Waals surface area contributed by atoms with Gasteiger partial charge in [-0.25, -0.2) is 0 Å². The Morgan fingerprint density at radius 1 is 1.10 bits per heavy atom. The molecule has 0 aliphatic carbocycles. The molecule has 2 aliphatic heterocycles. The Labute approximate surface area is 133 Å². The van der Waals surface area contributed by atoms with Crippen LogP contribution in [0.15, 0.2) is 41.4 Å². The second-order valence-corrected chi connectivity index (χ2v) is 6.25. The van der Waals surface area contributed by atoms with E-state index in [-0.39, 0.29) is 12.0 Å². The molecule has 0 spiro atoms. The number of hydrogen-bond acceptors (Lipinski definition) is 2. The maximum atomic E-state index is 6.31. The lowest BCUT2D eigenvalue weighted by molar-refractivity contribution is 0.213. The smallest absolute Gasteiger partial charge is 0.123 e. The summed E-state index contributed by atoms with van der Waals surface area (Å²) in [5.74, 6) is 1.23. The highest BCUT2D eigenvalue weighted by atomic mass is 35.5. The number of halogens is 2. The van der Waals surface area contributed by atoms with Crippen molar-refractivity contribution in [2.75, 3.05) is 6.54 Å². The highest BCUT2D eigenvalue weighted by Crippen LogP contribution is 2.42. The lowest BCUT2D eigenvalue weighted by Crippen LogP contribution is -2.24. The van der Waals surface area contributed by atoms with Crippen molar-refractivity contribution in [2.24, 2.45) is 4.99 Å². The average Bonchev–Trinajstić information content (AvgIpc) is 2.85. The van der Waals surface area contributed by atoms with Gasteiger partial charge >= 0.3 is 0 Å². The van der Waals surface area contributed by atoms with Gasteiger partial charge in [-0.2, -0.15) is 0 Å². The fourth-order valence-electron chi connectivity index (χ4n) is 3.05. The van der Waals surface area contributed by atoms with Gasteiger partial charge in [0, 0.05) is 40.4 Å². The first-order chi connectivity index (χ1) is 10.2. The van der Waals surface area contributed by atoms with Crippen molar-refractivity contribution < 1.29 is 4.74 Å². The number of aliphatic imine (C=N–C) groups is 1. The van der Waals surface area contributed by atoms with E-state index in [1.165, 1.54) is 5.56 Å². The molecule has 0 amide bonds. The van der Waals surface area contributed by atoms with Crippen molar-refractivity contribution in [1.29, 1.82) is 0 Å². The van der Waals surface area contributed by atoms with Crippen LogP contribution in [-0.2, 0) is 0 Å². The SMILES string of the molecule is Clc1ccc(-c2ccc3c(c2)C2C=NCCC2O3)c(Cl)c1. The molecule has 0 radical (unpaired) electrons. The van der Waals surface area contributed by atoms with Crippen molar-refractivity contribution in [1.82, 2.24) is 0 Å². The third-order valence-corrected chi connectivity index (χ3v) is 4.65. The fraction of sp³-hybridized carbons (Fsp3) is 0.235. The standard InChI is InChI=1S/C17H13Cl2NO/c18-11-2-3-12(15(19)8-11)10-1-4-16-13(7-10)14-9-20-6-5-17(14)21-16/h1-4,7-9,14,17H,5-6H2. The molecule has 0 aromatic heterocycles. The summed E-state index contributed by atoms with van der Waals surface area (Å²) >= 11 is 12.3. The minimum Gasteiger partial charge on any atom is -0.489 e. The van der Waals surface area contributed by atoms with Crippen LogP contribution in [0.25, 0.3) is 11.1 Å². The molecule has 106 valence electrons. The Bertz CT molecular complexity index is 742. The molecule has 2 aromatic carbocycles. The van der Waals surface area contributed by atoms with Crippen LogP contribution in [0, 0.1) is 0 Å². The van der Waals surface area contributed by atoms with Crippen molar-refractivity contribution in [2.45, 2.75) is 18.4 Å². The summed E-state index contributed by atoms with van der Waals surface area (Å²) in [5, 5.41) is 1.31. The zero-order valence-electron chi connectivity index (χ0n) is 11.2. The van der Waals surface area contributed by atoms with Gasteiger partial charge in [-0.1, -0.05) is 35.3 Å². The second-order valence-electron chi connectivity index (χ2n) is 5.40. The molecule has 0 N–H and O–H groups in total. The monoisotopic (exact) mass is 317 g/mol. The topological polar surface area (TPSA) is 21.6 Å². The van der Waals surface area contributed by atoms with Crippen LogP contribution in [0.4, 0.5) is 0 Å². The largest absolute Gasteiger partial charge is 0.489 e. The average molecular weight is 318 g/mol. The summed E-state index contributed by atoms with van der Waals surface area (Å²) in [5.41, 5.74) is 3.27. The van der Waals surface area contributed by atoms with Gasteiger partial charge in [0.1, 0.15) is 11.9 Å². The number of ether oxygens (including phenoxy) is 1. The van der Waals surface area contributed by atoms with Gasteiger partial charge in [-0.05, 0) is 29.8 Å². The molecule has 0 bridgehead atoms. The number of fused-ring (bicyclic) bond motifs is 3. The van der Waals surface area contributed by atoms with E-state index in [9.17, 15) is 0 Å². The number of nitrogens with zero attached hydrogens (tertiary/aromatic N) is 1. The van der Waals surface area contributed by atoms with Crippen LogP contribution in [0.1, 0.15) is 17.9 Å². The predicted octanol–water partition coefficient (Wildman–Crippen LogP) is 4.98. The van der Waals surface area contributed by atoms with Crippen LogP contribution in [-0.4, -0.2) is 18.9 Å². The van der Waals surface area contributed by atoms with Crippen LogP contribution in [0.2, 0.25) is 10.0 Å². The molecule has 0 saturated carbocycles. The first-order valence-corrected chi connectivity index (χ1v) is 7.74. The van der Waals surface area contributed by atoms with E-state index in [1.54, 1.807) is 6.07 Å². The summed E-state index contributed by atoms with van der Waals surface area (Å²) in [6, 6.07) is 11.8. The van der Waals surface area contributed by atoms with Gasteiger partial charge in [0.05, 0.1) is 5.92 Å². The summed E-state index contributed by atoms with van der Waals surface area (Å²) in [4.78, 5) is 4.40. The summed E-state index contributed by atoms with van der Waals surface area (Å²) in [7, 11) is 0. The molecule has 4 rings (SSSR count). The van der Waals surface area contributed by atoms with E-state index in [4.69, 9.17) is 27.9 Å². The minimum atomic E-state index is 0.230. The van der Waals surface area contributed by atoms with Gasteiger partial charge in [0.15, 0.2) is 0 Å². The molecule has 0 saturated heterocycles. The van der Waals surface area contributed by atoms with Crippen LogP contribution < -0.4 is 4.74 Å². The zero-order valence-corrected chi connectivity index (χ0v) is 12.7. The van der Waals surface area contributed by atoms with Gasteiger partial charge in [0.2, 0.25) is 0 Å². The summed E-state index contributed by atoms with van der Waals surface area (Å²) in [6.45, 7) is 0.852. The minimum absolute atomic E-state index is 0.230. The van der Waals surface area contributed by atoms with Gasteiger partial charge in [-0.15, -0.1) is 0 Å². The highest BCUT2D eigenvalue weighted by molar-refractivity contribution is 6.36. The van der Waals surface area contributed by atoms with E-state index < -0.39 is 0 Å². The normalized spacial score (nSPS) is 22.6. The molecular weight excluding hydrogens is 305 g/mol. The molecule has 2 atom stereocenters. The number of rotatable bonds is 1. The molecule has 2 unspecified atom stereocenters. The Morgan fingerprint density at radius 2 is 2.00 bits per heavy atom. The highest BCUT2D eigenvalue weighted by Gasteiger charge is 2.34. The Morgan fingerprint density at radius 3 is 2.86 bits per heavy atom. The Hall–Kier alpha value is -1.51. The molecule has 2 aliphatic rings. The maximum absolute atomic E-state index is 6.31. The summed E-state index contributed by atoms with van der Waals surface area (Å²) in [6.07, 6.45) is 3.23. The molecular formula is C17H13Cl2NO. The van der Waals surface area contributed by atoms with E-state index in [0.717, 1.165) is 29.8 Å². The fourth-order valence-corrected chi connectivity index (χ4v) is 3.57. The van der Waals surface area contributed by atoms with E-state index in [0.29, 0.717) is 10.0 Å². The second kappa shape index (κ2) is 5.04. The van der Waals surface area contributed by atoms with Gasteiger partial charge < -0.3 is 4.74 Å². The van der Waals surface area contributed by atoms with E-state index in [1.807, 2.05) is 30.5 Å². The van der Waals surface area contributed by atoms with Crippen molar-refractivity contribution in [3.63, 3.8) is 0 Å². The molecule has 2 aromatic rings. The number of hydrogen-bond donors (Lipinski definition) is 0. The molecule has 21 heavy (non-hydrogen) atoms. The van der Waals surface area contributed by atoms with Gasteiger partial charge in [0.25, 0.3) is 0 Å². The van der Waals surface area contributed by atoms with Crippen molar-refractivity contribution in [3.8, 4) is 16.9 Å². The first kappa shape index (κ1) is 13.2. The lowest BCUT2D eigenvalue weighted by atomic mass is 9.91. The third kappa shape index (κ3) is 2.23.